The molecule has 33 heavy (non-hydrogen) atoms. The van der Waals surface area contributed by atoms with Gasteiger partial charge < -0.3 is 9.40 Å². The van der Waals surface area contributed by atoms with Crippen molar-refractivity contribution in [3.8, 4) is 0 Å². The number of fused-ring (bicyclic) bond motifs is 6. The van der Waals surface area contributed by atoms with Crippen LogP contribution < -0.4 is 11.1 Å². The summed E-state index contributed by atoms with van der Waals surface area (Å²) in [6, 6.07) is 7.46. The maximum absolute atomic E-state index is 13.4. The van der Waals surface area contributed by atoms with E-state index >= 15 is 0 Å². The van der Waals surface area contributed by atoms with E-state index in [9.17, 15) is 9.59 Å². The molecule has 0 aliphatic heterocycles. The fourth-order valence-electron chi connectivity index (χ4n) is 4.47. The Kier molecular flexibility index (Phi) is 4.95. The van der Waals surface area contributed by atoms with Gasteiger partial charge in [0.05, 0.1) is 11.1 Å². The molecule has 7 nitrogen and oxygen atoms in total. The lowest BCUT2D eigenvalue weighted by Gasteiger charge is -2.12. The van der Waals surface area contributed by atoms with Crippen molar-refractivity contribution in [2.24, 2.45) is 0 Å². The maximum Gasteiger partial charge on any atom is 0.294 e. The molecule has 0 fully saturated rings. The standard InChI is InChI=1S/C24H20N4O3S2/c1-2-11-28-23(30)18-14-8-4-6-10-16(14)33-22(18)27-24(28)32-12-17-25-19-13-7-3-5-9-15(13)31-20(19)21(29)26-17/h2-3,5,7,9H,1,4,6,8,10-12H2,(H,25,26,29). The van der Waals surface area contributed by atoms with Crippen molar-refractivity contribution in [3.05, 3.63) is 73.9 Å². The van der Waals surface area contributed by atoms with Gasteiger partial charge in [-0.3, -0.25) is 14.2 Å². The number of aromatic nitrogens is 4. The number of rotatable bonds is 5. The first-order valence-electron chi connectivity index (χ1n) is 10.8. The molecule has 0 amide bonds. The molecule has 0 bridgehead atoms. The summed E-state index contributed by atoms with van der Waals surface area (Å²) >= 11 is 3.02. The number of hydrogen-bond donors (Lipinski definition) is 1. The molecule has 0 spiro atoms. The minimum absolute atomic E-state index is 0.0143. The van der Waals surface area contributed by atoms with E-state index in [0.717, 1.165) is 41.3 Å². The van der Waals surface area contributed by atoms with Crippen LogP contribution >= 0.6 is 23.1 Å². The number of benzene rings is 1. The van der Waals surface area contributed by atoms with Crippen LogP contribution in [0.15, 0.2) is 56.1 Å². The van der Waals surface area contributed by atoms with Crippen LogP contribution in [0.4, 0.5) is 0 Å². The van der Waals surface area contributed by atoms with Crippen LogP contribution in [0.5, 0.6) is 0 Å². The van der Waals surface area contributed by atoms with E-state index in [0.29, 0.717) is 34.4 Å². The third-order valence-corrected chi connectivity index (χ3v) is 8.14. The lowest BCUT2D eigenvalue weighted by molar-refractivity contribution is 0.659. The quantitative estimate of drug-likeness (QED) is 0.223. The van der Waals surface area contributed by atoms with Gasteiger partial charge in [0.25, 0.3) is 11.1 Å². The molecule has 9 heteroatoms. The van der Waals surface area contributed by atoms with Gasteiger partial charge in [0.2, 0.25) is 5.58 Å². The van der Waals surface area contributed by atoms with E-state index in [1.165, 1.54) is 22.2 Å². The average molecular weight is 477 g/mol. The van der Waals surface area contributed by atoms with E-state index < -0.39 is 0 Å². The number of H-pyrrole nitrogens is 1. The number of furan rings is 1. The Balaban J connectivity index is 1.42. The third-order valence-electron chi connectivity index (χ3n) is 5.97. The fourth-order valence-corrected chi connectivity index (χ4v) is 6.65. The topological polar surface area (TPSA) is 93.8 Å². The average Bonchev–Trinajstić information content (AvgIpc) is 3.38. The number of aromatic amines is 1. The van der Waals surface area contributed by atoms with Crippen molar-refractivity contribution in [3.63, 3.8) is 0 Å². The summed E-state index contributed by atoms with van der Waals surface area (Å²) in [5, 5.41) is 2.17. The normalized spacial score (nSPS) is 13.7. The summed E-state index contributed by atoms with van der Waals surface area (Å²) < 4.78 is 7.35. The van der Waals surface area contributed by atoms with Gasteiger partial charge in [-0.25, -0.2) is 9.97 Å². The first-order valence-corrected chi connectivity index (χ1v) is 12.6. The Bertz CT molecular complexity index is 1670. The molecule has 1 N–H and O–H groups in total. The van der Waals surface area contributed by atoms with Crippen molar-refractivity contribution >= 4 is 55.4 Å². The summed E-state index contributed by atoms with van der Waals surface area (Å²) in [5.74, 6) is 0.874. The second kappa shape index (κ2) is 8.00. The number of nitrogens with zero attached hydrogens (tertiary/aromatic N) is 3. The molecule has 0 unspecified atom stereocenters. The van der Waals surface area contributed by atoms with Crippen molar-refractivity contribution in [2.45, 2.75) is 43.1 Å². The Morgan fingerprint density at radius 3 is 2.94 bits per heavy atom. The number of nitrogens with one attached hydrogen (secondary N) is 1. The van der Waals surface area contributed by atoms with Crippen LogP contribution in [0, 0.1) is 0 Å². The Morgan fingerprint density at radius 2 is 2.06 bits per heavy atom. The highest BCUT2D eigenvalue weighted by molar-refractivity contribution is 7.98. The van der Waals surface area contributed by atoms with Crippen LogP contribution in [-0.2, 0) is 25.1 Å². The summed E-state index contributed by atoms with van der Waals surface area (Å²) in [5.41, 5.74) is 2.24. The smallest absolute Gasteiger partial charge is 0.294 e. The van der Waals surface area contributed by atoms with Gasteiger partial charge in [-0.1, -0.05) is 30.0 Å². The number of aryl methyl sites for hydroxylation is 2. The number of allylic oxidation sites excluding steroid dienone is 1. The Hall–Kier alpha value is -3.17. The molecule has 1 aromatic carbocycles. The molecular formula is C24H20N4O3S2. The van der Waals surface area contributed by atoms with Crippen LogP contribution in [0.2, 0.25) is 0 Å². The highest BCUT2D eigenvalue weighted by atomic mass is 32.2. The molecule has 0 radical (unpaired) electrons. The van der Waals surface area contributed by atoms with Gasteiger partial charge in [0.1, 0.15) is 21.8 Å². The molecule has 5 aromatic rings. The van der Waals surface area contributed by atoms with Crippen LogP contribution in [0.1, 0.15) is 29.1 Å². The number of para-hydroxylation sites is 1. The molecule has 6 rings (SSSR count). The molecule has 166 valence electrons. The van der Waals surface area contributed by atoms with Crippen LogP contribution in [0.25, 0.3) is 32.3 Å². The summed E-state index contributed by atoms with van der Waals surface area (Å²) in [7, 11) is 0. The number of thioether (sulfide) groups is 1. The fraction of sp³-hybridized carbons (Fsp3) is 0.250. The summed E-state index contributed by atoms with van der Waals surface area (Å²) in [6.07, 6.45) is 5.94. The first-order chi connectivity index (χ1) is 16.1. The predicted molar refractivity (Wildman–Crippen MR) is 132 cm³/mol. The number of hydrogen-bond acceptors (Lipinski definition) is 7. The SMILES string of the molecule is C=CCn1c(SCc2nc3c(oc4ccccc43)c(=O)[nH]2)nc2sc3c(c2c1=O)CCCC3. The van der Waals surface area contributed by atoms with Crippen molar-refractivity contribution in [2.75, 3.05) is 0 Å². The summed E-state index contributed by atoms with van der Waals surface area (Å²) in [4.78, 5) is 40.4. The maximum atomic E-state index is 13.4. The zero-order valence-electron chi connectivity index (χ0n) is 17.7. The molecule has 4 aromatic heterocycles. The van der Waals surface area contributed by atoms with E-state index in [-0.39, 0.29) is 16.7 Å². The van der Waals surface area contributed by atoms with Crippen LogP contribution in [0.3, 0.4) is 0 Å². The number of thiophene rings is 1. The zero-order chi connectivity index (χ0) is 22.5. The minimum Gasteiger partial charge on any atom is -0.449 e. The van der Waals surface area contributed by atoms with E-state index in [2.05, 4.69) is 16.5 Å². The van der Waals surface area contributed by atoms with Gasteiger partial charge in [-0.2, -0.15) is 0 Å². The molecule has 1 aliphatic carbocycles. The van der Waals surface area contributed by atoms with Gasteiger partial charge in [0, 0.05) is 16.8 Å². The zero-order valence-corrected chi connectivity index (χ0v) is 19.4. The third kappa shape index (κ3) is 3.34. The monoisotopic (exact) mass is 476 g/mol. The largest absolute Gasteiger partial charge is 0.449 e. The Labute approximate surface area is 196 Å². The predicted octanol–water partition coefficient (Wildman–Crippen LogP) is 4.80. The van der Waals surface area contributed by atoms with E-state index in [4.69, 9.17) is 9.40 Å². The first kappa shape index (κ1) is 20.4. The lowest BCUT2D eigenvalue weighted by atomic mass is 9.97. The van der Waals surface area contributed by atoms with Crippen LogP contribution in [-0.4, -0.2) is 19.5 Å². The van der Waals surface area contributed by atoms with Gasteiger partial charge in [-0.15, -0.1) is 17.9 Å². The molecule has 1 aliphatic rings. The van der Waals surface area contributed by atoms with Crippen molar-refractivity contribution < 1.29 is 4.42 Å². The van der Waals surface area contributed by atoms with Gasteiger partial charge >= 0.3 is 0 Å². The molecular weight excluding hydrogens is 456 g/mol. The highest BCUT2D eigenvalue weighted by Gasteiger charge is 2.22. The molecule has 0 saturated heterocycles. The lowest BCUT2D eigenvalue weighted by Crippen LogP contribution is -2.23. The van der Waals surface area contributed by atoms with Crippen molar-refractivity contribution in [1.82, 2.24) is 19.5 Å². The molecule has 4 heterocycles. The van der Waals surface area contributed by atoms with Crippen molar-refractivity contribution in [1.29, 1.82) is 0 Å². The minimum atomic E-state index is -0.315. The van der Waals surface area contributed by atoms with E-state index in [1.807, 2.05) is 24.3 Å². The summed E-state index contributed by atoms with van der Waals surface area (Å²) in [6.45, 7) is 4.20. The van der Waals surface area contributed by atoms with Gasteiger partial charge in [0.15, 0.2) is 5.16 Å². The second-order valence-electron chi connectivity index (χ2n) is 8.07. The molecule has 0 atom stereocenters. The molecule has 0 saturated carbocycles. The Morgan fingerprint density at radius 1 is 1.21 bits per heavy atom. The highest BCUT2D eigenvalue weighted by Crippen LogP contribution is 2.35. The second-order valence-corrected chi connectivity index (χ2v) is 10.1. The van der Waals surface area contributed by atoms with E-state index in [1.54, 1.807) is 22.0 Å². The van der Waals surface area contributed by atoms with Gasteiger partial charge in [-0.05, 0) is 43.4 Å².